The molecule has 1 saturated heterocycles. The molecule has 1 aromatic carbocycles. The quantitative estimate of drug-likeness (QED) is 0.785. The van der Waals surface area contributed by atoms with E-state index < -0.39 is 0 Å². The fourth-order valence-electron chi connectivity index (χ4n) is 2.90. The molecule has 128 valence electrons. The largest absolute Gasteiger partial charge is 0.489 e. The van der Waals surface area contributed by atoms with Crippen molar-refractivity contribution in [2.24, 2.45) is 0 Å². The van der Waals surface area contributed by atoms with E-state index in [2.05, 4.69) is 26.9 Å². The number of aromatic amines is 1. The zero-order chi connectivity index (χ0) is 17.2. The van der Waals surface area contributed by atoms with Crippen LogP contribution in [0.15, 0.2) is 47.5 Å². The standard InChI is InChI=1S/C18H18N4O3/c1-22-9-7-14(11-22)24-12-2-4-13(5-3-12)25-18-20-16-10-19-8-6-15(16)17(23)21-18/h2-6,8,10,14H,7,9,11H2,1H3,(H,20,21,23). The van der Waals surface area contributed by atoms with Crippen LogP contribution in [-0.2, 0) is 0 Å². The number of likely N-dealkylation sites (N-methyl/N-ethyl adjacent to an activating group) is 1. The number of nitrogens with one attached hydrogen (secondary N) is 1. The molecule has 1 atom stereocenters. The minimum absolute atomic E-state index is 0.136. The number of hydrogen-bond acceptors (Lipinski definition) is 6. The fourth-order valence-corrected chi connectivity index (χ4v) is 2.90. The maximum atomic E-state index is 12.0. The molecule has 7 nitrogen and oxygen atoms in total. The zero-order valence-corrected chi connectivity index (χ0v) is 13.8. The van der Waals surface area contributed by atoms with Crippen molar-refractivity contribution in [3.05, 3.63) is 53.1 Å². The number of aromatic nitrogens is 3. The lowest BCUT2D eigenvalue weighted by Gasteiger charge is -2.14. The van der Waals surface area contributed by atoms with Crippen LogP contribution in [0.5, 0.6) is 17.5 Å². The molecule has 0 radical (unpaired) electrons. The Morgan fingerprint density at radius 1 is 1.20 bits per heavy atom. The molecule has 1 aliphatic rings. The fraction of sp³-hybridized carbons (Fsp3) is 0.278. The molecule has 2 aromatic heterocycles. The Kier molecular flexibility index (Phi) is 4.07. The van der Waals surface area contributed by atoms with Crippen LogP contribution in [0, 0.1) is 0 Å². The molecule has 1 fully saturated rings. The highest BCUT2D eigenvalue weighted by atomic mass is 16.5. The summed E-state index contributed by atoms with van der Waals surface area (Å²) in [7, 11) is 2.09. The van der Waals surface area contributed by atoms with Gasteiger partial charge in [0.05, 0.1) is 17.1 Å². The second-order valence-electron chi connectivity index (χ2n) is 6.13. The van der Waals surface area contributed by atoms with Gasteiger partial charge in [-0.1, -0.05) is 0 Å². The van der Waals surface area contributed by atoms with Crippen molar-refractivity contribution in [2.45, 2.75) is 12.5 Å². The van der Waals surface area contributed by atoms with Crippen molar-refractivity contribution in [1.82, 2.24) is 19.9 Å². The topological polar surface area (TPSA) is 80.3 Å². The number of benzene rings is 1. The maximum absolute atomic E-state index is 12.0. The first kappa shape index (κ1) is 15.6. The molecule has 3 heterocycles. The predicted molar refractivity (Wildman–Crippen MR) is 93.2 cm³/mol. The second kappa shape index (κ2) is 6.52. The lowest BCUT2D eigenvalue weighted by Crippen LogP contribution is -2.21. The zero-order valence-electron chi connectivity index (χ0n) is 13.8. The lowest BCUT2D eigenvalue weighted by molar-refractivity contribution is 0.208. The molecule has 4 rings (SSSR count). The Bertz CT molecular complexity index is 939. The predicted octanol–water partition coefficient (Wildman–Crippen LogP) is 2.19. The third-order valence-electron chi connectivity index (χ3n) is 4.18. The van der Waals surface area contributed by atoms with Gasteiger partial charge in [-0.15, -0.1) is 0 Å². The van der Waals surface area contributed by atoms with E-state index in [1.807, 2.05) is 12.1 Å². The van der Waals surface area contributed by atoms with Crippen molar-refractivity contribution in [1.29, 1.82) is 0 Å². The molecular formula is C18H18N4O3. The molecule has 0 aliphatic carbocycles. The summed E-state index contributed by atoms with van der Waals surface area (Å²) in [6.07, 6.45) is 4.35. The van der Waals surface area contributed by atoms with Gasteiger partial charge in [0.15, 0.2) is 0 Å². The SMILES string of the molecule is CN1CCC(Oc2ccc(Oc3nc4cnccc4c(=O)[nH]3)cc2)C1. The molecule has 1 aliphatic heterocycles. The molecule has 0 bridgehead atoms. The Hall–Kier alpha value is -2.93. The highest BCUT2D eigenvalue weighted by Gasteiger charge is 2.20. The van der Waals surface area contributed by atoms with E-state index in [0.29, 0.717) is 16.7 Å². The van der Waals surface area contributed by atoms with Gasteiger partial charge in [0, 0.05) is 19.3 Å². The van der Waals surface area contributed by atoms with Gasteiger partial charge in [-0.3, -0.25) is 14.8 Å². The maximum Gasteiger partial charge on any atom is 0.302 e. The Labute approximate surface area is 144 Å². The number of ether oxygens (including phenoxy) is 2. The van der Waals surface area contributed by atoms with E-state index in [-0.39, 0.29) is 17.7 Å². The number of pyridine rings is 1. The summed E-state index contributed by atoms with van der Waals surface area (Å²) in [5.41, 5.74) is 0.235. The summed E-state index contributed by atoms with van der Waals surface area (Å²) >= 11 is 0. The molecule has 1 N–H and O–H groups in total. The van der Waals surface area contributed by atoms with Crippen molar-refractivity contribution < 1.29 is 9.47 Å². The summed E-state index contributed by atoms with van der Waals surface area (Å²) in [5, 5.41) is 0.479. The van der Waals surface area contributed by atoms with Crippen LogP contribution < -0.4 is 15.0 Å². The van der Waals surface area contributed by atoms with Gasteiger partial charge in [0.25, 0.3) is 5.56 Å². The first-order chi connectivity index (χ1) is 12.2. The average Bonchev–Trinajstić information content (AvgIpc) is 3.02. The highest BCUT2D eigenvalue weighted by Crippen LogP contribution is 2.23. The first-order valence-electron chi connectivity index (χ1n) is 8.14. The van der Waals surface area contributed by atoms with Crippen LogP contribution in [0.2, 0.25) is 0 Å². The Morgan fingerprint density at radius 3 is 2.76 bits per heavy atom. The van der Waals surface area contributed by atoms with Gasteiger partial charge in [-0.2, -0.15) is 4.98 Å². The van der Waals surface area contributed by atoms with Gasteiger partial charge in [0.2, 0.25) is 0 Å². The van der Waals surface area contributed by atoms with Crippen molar-refractivity contribution >= 4 is 10.9 Å². The smallest absolute Gasteiger partial charge is 0.302 e. The minimum atomic E-state index is -0.257. The lowest BCUT2D eigenvalue weighted by atomic mass is 10.3. The molecule has 0 amide bonds. The van der Waals surface area contributed by atoms with Crippen molar-refractivity contribution in [3.8, 4) is 17.5 Å². The van der Waals surface area contributed by atoms with Gasteiger partial charge in [-0.05, 0) is 43.8 Å². The van der Waals surface area contributed by atoms with E-state index in [1.165, 1.54) is 6.20 Å². The molecule has 1 unspecified atom stereocenters. The van der Waals surface area contributed by atoms with E-state index in [9.17, 15) is 4.79 Å². The summed E-state index contributed by atoms with van der Waals surface area (Å²) in [4.78, 5) is 25.2. The molecule has 7 heteroatoms. The average molecular weight is 338 g/mol. The third kappa shape index (κ3) is 3.46. The molecule has 25 heavy (non-hydrogen) atoms. The van der Waals surface area contributed by atoms with E-state index in [0.717, 1.165) is 25.3 Å². The van der Waals surface area contributed by atoms with Crippen LogP contribution >= 0.6 is 0 Å². The van der Waals surface area contributed by atoms with Crippen LogP contribution in [0.3, 0.4) is 0 Å². The molecular weight excluding hydrogens is 320 g/mol. The number of H-pyrrole nitrogens is 1. The van der Waals surface area contributed by atoms with Gasteiger partial charge in [0.1, 0.15) is 17.6 Å². The van der Waals surface area contributed by atoms with E-state index >= 15 is 0 Å². The van der Waals surface area contributed by atoms with E-state index in [1.54, 1.807) is 24.4 Å². The molecule has 3 aromatic rings. The first-order valence-corrected chi connectivity index (χ1v) is 8.14. The molecule has 0 spiro atoms. The van der Waals surface area contributed by atoms with Crippen LogP contribution in [-0.4, -0.2) is 46.1 Å². The van der Waals surface area contributed by atoms with Gasteiger partial charge >= 0.3 is 6.01 Å². The van der Waals surface area contributed by atoms with Crippen LogP contribution in [0.4, 0.5) is 0 Å². The van der Waals surface area contributed by atoms with Gasteiger partial charge < -0.3 is 14.4 Å². The number of fused-ring (bicyclic) bond motifs is 1. The normalized spacial score (nSPS) is 17.7. The van der Waals surface area contributed by atoms with Crippen LogP contribution in [0.25, 0.3) is 10.9 Å². The van der Waals surface area contributed by atoms with Gasteiger partial charge in [-0.25, -0.2) is 0 Å². The minimum Gasteiger partial charge on any atom is -0.489 e. The van der Waals surface area contributed by atoms with Crippen molar-refractivity contribution in [3.63, 3.8) is 0 Å². The summed E-state index contributed by atoms with van der Waals surface area (Å²) < 4.78 is 11.6. The number of hydrogen-bond donors (Lipinski definition) is 1. The monoisotopic (exact) mass is 338 g/mol. The number of likely N-dealkylation sites (tertiary alicyclic amines) is 1. The van der Waals surface area contributed by atoms with Crippen LogP contribution in [0.1, 0.15) is 6.42 Å². The Morgan fingerprint density at radius 2 is 2.00 bits per heavy atom. The van der Waals surface area contributed by atoms with E-state index in [4.69, 9.17) is 9.47 Å². The number of rotatable bonds is 4. The molecule has 0 saturated carbocycles. The van der Waals surface area contributed by atoms with Crippen molar-refractivity contribution in [2.75, 3.05) is 20.1 Å². The second-order valence-corrected chi connectivity index (χ2v) is 6.13. The summed E-state index contributed by atoms with van der Waals surface area (Å²) in [5.74, 6) is 1.37. The Balaban J connectivity index is 1.48. The third-order valence-corrected chi connectivity index (χ3v) is 4.18. The summed E-state index contributed by atoms with van der Waals surface area (Å²) in [6, 6.07) is 9.06. The number of nitrogens with zero attached hydrogens (tertiary/aromatic N) is 3. The highest BCUT2D eigenvalue weighted by molar-refractivity contribution is 5.76. The summed E-state index contributed by atoms with van der Waals surface area (Å²) in [6.45, 7) is 2.00.